The number of aryl methyl sites for hydroxylation is 3. The predicted octanol–water partition coefficient (Wildman–Crippen LogP) is 6.62. The van der Waals surface area contributed by atoms with Gasteiger partial charge in [-0.05, 0) is 93.3 Å². The Morgan fingerprint density at radius 2 is 1.52 bits per heavy atom. The van der Waals surface area contributed by atoms with E-state index in [0.29, 0.717) is 5.56 Å². The van der Waals surface area contributed by atoms with Gasteiger partial charge in [0.1, 0.15) is 23.4 Å². The molecule has 0 aliphatic heterocycles. The van der Waals surface area contributed by atoms with Gasteiger partial charge in [-0.15, -0.1) is 0 Å². The molecule has 8 heteroatoms. The number of benzene rings is 3. The summed E-state index contributed by atoms with van der Waals surface area (Å²) in [5, 5.41) is 15.8. The number of alkyl carbamates (subject to hydrolysis) is 1. The van der Waals surface area contributed by atoms with Crippen LogP contribution in [0, 0.1) is 19.8 Å². The Labute approximate surface area is 260 Å². The number of phenols is 1. The third-order valence-electron chi connectivity index (χ3n) is 8.00. The molecule has 4 rings (SSSR count). The summed E-state index contributed by atoms with van der Waals surface area (Å²) < 4.78 is 5.54. The zero-order valence-corrected chi connectivity index (χ0v) is 26.8. The highest BCUT2D eigenvalue weighted by atomic mass is 16.6. The zero-order chi connectivity index (χ0) is 32.2. The second-order valence-electron chi connectivity index (χ2n) is 12.8. The number of hydrogen-bond acceptors (Lipinski definition) is 5. The normalized spacial score (nSPS) is 17.2. The van der Waals surface area contributed by atoms with Crippen LogP contribution in [0.2, 0.25) is 0 Å². The Morgan fingerprint density at radius 1 is 0.955 bits per heavy atom. The molecular formula is C36H45N3O5. The topological polar surface area (TPSA) is 108 Å². The van der Waals surface area contributed by atoms with Gasteiger partial charge in [0.25, 0.3) is 5.91 Å². The maximum absolute atomic E-state index is 14.7. The first-order valence-corrected chi connectivity index (χ1v) is 15.3. The number of nitrogens with one attached hydrogen (secondary N) is 2. The highest BCUT2D eigenvalue weighted by molar-refractivity contribution is 6.00. The van der Waals surface area contributed by atoms with Gasteiger partial charge in [-0.3, -0.25) is 9.59 Å². The molecule has 0 radical (unpaired) electrons. The molecule has 0 heterocycles. The quantitative estimate of drug-likeness (QED) is 0.243. The molecule has 1 fully saturated rings. The van der Waals surface area contributed by atoms with E-state index in [1.165, 1.54) is 0 Å². The summed E-state index contributed by atoms with van der Waals surface area (Å²) in [6.07, 6.45) is 1.01. The molecular weight excluding hydrogens is 554 g/mol. The highest BCUT2D eigenvalue weighted by Gasteiger charge is 2.48. The SMILES string of the molecule is CCc1ccc(C(C(=O)Nc2c(C)cccc2C)N(C(=O)C(Cc2ccc(O)cc2)NC(=O)OC(C)(C)C)C2CC2C)cc1. The summed E-state index contributed by atoms with van der Waals surface area (Å²) in [4.78, 5) is 43.7. The number of anilines is 1. The fourth-order valence-electron chi connectivity index (χ4n) is 5.45. The first kappa shape index (κ1) is 32.6. The van der Waals surface area contributed by atoms with Crippen LogP contribution in [-0.2, 0) is 27.2 Å². The molecule has 8 nitrogen and oxygen atoms in total. The minimum Gasteiger partial charge on any atom is -0.508 e. The van der Waals surface area contributed by atoms with E-state index in [0.717, 1.165) is 40.8 Å². The fourth-order valence-corrected chi connectivity index (χ4v) is 5.45. The number of carbonyl (C=O) groups excluding carboxylic acids is 3. The zero-order valence-electron chi connectivity index (χ0n) is 26.8. The number of carbonyl (C=O) groups is 3. The van der Waals surface area contributed by atoms with Crippen LogP contribution < -0.4 is 10.6 Å². The Bertz CT molecular complexity index is 1460. The maximum atomic E-state index is 14.7. The molecule has 4 unspecified atom stereocenters. The van der Waals surface area contributed by atoms with Crippen molar-refractivity contribution in [1.82, 2.24) is 10.2 Å². The molecule has 44 heavy (non-hydrogen) atoms. The van der Waals surface area contributed by atoms with Crippen molar-refractivity contribution in [3.63, 3.8) is 0 Å². The van der Waals surface area contributed by atoms with Crippen molar-refractivity contribution in [3.8, 4) is 5.75 Å². The van der Waals surface area contributed by atoms with Crippen LogP contribution in [0.1, 0.15) is 74.9 Å². The van der Waals surface area contributed by atoms with Gasteiger partial charge in [-0.2, -0.15) is 0 Å². The molecule has 3 N–H and O–H groups in total. The lowest BCUT2D eigenvalue weighted by molar-refractivity contribution is -0.141. The summed E-state index contributed by atoms with van der Waals surface area (Å²) in [5.74, 6) is -0.414. The second-order valence-corrected chi connectivity index (χ2v) is 12.8. The molecule has 3 aromatic carbocycles. The number of rotatable bonds is 10. The summed E-state index contributed by atoms with van der Waals surface area (Å²) >= 11 is 0. The van der Waals surface area contributed by atoms with Gasteiger partial charge in [0.05, 0.1) is 0 Å². The summed E-state index contributed by atoms with van der Waals surface area (Å²) in [6.45, 7) is 13.3. The molecule has 0 spiro atoms. The third kappa shape index (κ3) is 8.18. The van der Waals surface area contributed by atoms with Gasteiger partial charge >= 0.3 is 6.09 Å². The molecule has 3 aromatic rings. The van der Waals surface area contributed by atoms with Gasteiger partial charge in [0.2, 0.25) is 5.91 Å². The third-order valence-corrected chi connectivity index (χ3v) is 8.00. The van der Waals surface area contributed by atoms with Gasteiger partial charge < -0.3 is 25.4 Å². The minimum atomic E-state index is -1.02. The smallest absolute Gasteiger partial charge is 0.408 e. The van der Waals surface area contributed by atoms with Crippen molar-refractivity contribution in [2.45, 2.75) is 91.5 Å². The molecule has 1 aliphatic rings. The van der Waals surface area contributed by atoms with E-state index < -0.39 is 23.8 Å². The van der Waals surface area contributed by atoms with E-state index in [4.69, 9.17) is 4.74 Å². The van der Waals surface area contributed by atoms with Gasteiger partial charge in [-0.1, -0.05) is 68.4 Å². The highest BCUT2D eigenvalue weighted by Crippen LogP contribution is 2.41. The van der Waals surface area contributed by atoms with Gasteiger partial charge in [0, 0.05) is 18.2 Å². The molecule has 1 saturated carbocycles. The van der Waals surface area contributed by atoms with Crippen LogP contribution >= 0.6 is 0 Å². The molecule has 3 amide bonds. The van der Waals surface area contributed by atoms with Crippen LogP contribution in [0.15, 0.2) is 66.7 Å². The van der Waals surface area contributed by atoms with Crippen LogP contribution in [0.5, 0.6) is 5.75 Å². The van der Waals surface area contributed by atoms with Crippen LogP contribution in [0.25, 0.3) is 0 Å². The molecule has 0 bridgehead atoms. The number of ether oxygens (including phenoxy) is 1. The predicted molar refractivity (Wildman–Crippen MR) is 172 cm³/mol. The average molecular weight is 600 g/mol. The van der Waals surface area contributed by atoms with Gasteiger partial charge in [-0.25, -0.2) is 4.79 Å². The number of aromatic hydroxyl groups is 1. The number of hydrogen-bond donors (Lipinski definition) is 3. The summed E-state index contributed by atoms with van der Waals surface area (Å²) in [6, 6.07) is 18.0. The van der Waals surface area contributed by atoms with Crippen LogP contribution in [-0.4, -0.2) is 45.6 Å². The van der Waals surface area contributed by atoms with E-state index in [2.05, 4.69) is 24.5 Å². The lowest BCUT2D eigenvalue weighted by Gasteiger charge is -2.35. The first-order valence-electron chi connectivity index (χ1n) is 15.3. The van der Waals surface area contributed by atoms with Crippen LogP contribution in [0.4, 0.5) is 10.5 Å². The van der Waals surface area contributed by atoms with E-state index in [-0.39, 0.29) is 35.9 Å². The van der Waals surface area contributed by atoms with Crippen molar-refractivity contribution >= 4 is 23.6 Å². The van der Waals surface area contributed by atoms with Crippen molar-refractivity contribution in [3.05, 3.63) is 94.5 Å². The van der Waals surface area contributed by atoms with E-state index in [1.807, 2.05) is 56.3 Å². The Morgan fingerprint density at radius 3 is 2.05 bits per heavy atom. The molecule has 0 aromatic heterocycles. The average Bonchev–Trinajstić information content (AvgIpc) is 3.68. The number of amides is 3. The molecule has 4 atom stereocenters. The van der Waals surface area contributed by atoms with E-state index in [1.54, 1.807) is 49.9 Å². The standard InChI is InChI=1S/C36H45N3O5/c1-8-25-12-16-27(17-13-25)32(33(41)38-31-22(2)10-9-11-23(31)3)39(30-20-24(30)4)34(42)29(37-35(43)44-36(5,6)7)21-26-14-18-28(40)19-15-26/h9-19,24,29-30,32,40H,8,20-21H2,1-7H3,(H,37,43)(H,38,41). The lowest BCUT2D eigenvalue weighted by Crippen LogP contribution is -2.54. The molecule has 234 valence electrons. The van der Waals surface area contributed by atoms with Crippen molar-refractivity contribution in [1.29, 1.82) is 0 Å². The molecule has 1 aliphatic carbocycles. The van der Waals surface area contributed by atoms with E-state index in [9.17, 15) is 19.5 Å². The lowest BCUT2D eigenvalue weighted by atomic mass is 9.98. The second kappa shape index (κ2) is 13.5. The molecule has 0 saturated heterocycles. The van der Waals surface area contributed by atoms with E-state index >= 15 is 0 Å². The Hall–Kier alpha value is -4.33. The van der Waals surface area contributed by atoms with Gasteiger partial charge in [0.15, 0.2) is 0 Å². The summed E-state index contributed by atoms with van der Waals surface area (Å²) in [7, 11) is 0. The largest absolute Gasteiger partial charge is 0.508 e. The number of nitrogens with zero attached hydrogens (tertiary/aromatic N) is 1. The van der Waals surface area contributed by atoms with Crippen LogP contribution in [0.3, 0.4) is 0 Å². The number of para-hydroxylation sites is 1. The summed E-state index contributed by atoms with van der Waals surface area (Å²) in [5.41, 5.74) is 4.36. The van der Waals surface area contributed by atoms with Crippen molar-refractivity contribution in [2.75, 3.05) is 5.32 Å². The first-order chi connectivity index (χ1) is 20.8. The minimum absolute atomic E-state index is 0.101. The Kier molecular flexibility index (Phi) is 10.0. The van der Waals surface area contributed by atoms with Crippen molar-refractivity contribution in [2.24, 2.45) is 5.92 Å². The fraction of sp³-hybridized carbons (Fsp3) is 0.417. The maximum Gasteiger partial charge on any atom is 0.408 e. The Balaban J connectivity index is 1.77. The number of phenolic OH excluding ortho intramolecular Hbond substituents is 1. The monoisotopic (exact) mass is 599 g/mol. The van der Waals surface area contributed by atoms with Crippen molar-refractivity contribution < 1.29 is 24.2 Å².